The lowest BCUT2D eigenvalue weighted by molar-refractivity contribution is 0.138. The fourth-order valence-electron chi connectivity index (χ4n) is 2.83. The van der Waals surface area contributed by atoms with Gasteiger partial charge in [0.2, 0.25) is 0 Å². The van der Waals surface area contributed by atoms with Crippen molar-refractivity contribution in [2.24, 2.45) is 0 Å². The highest BCUT2D eigenvalue weighted by Crippen LogP contribution is 2.37. The van der Waals surface area contributed by atoms with E-state index in [1.165, 1.54) is 6.07 Å². The molecule has 1 N–H and O–H groups in total. The second kappa shape index (κ2) is 4.85. The molecular formula is C18H19FO2. The first-order chi connectivity index (χ1) is 9.85. The smallest absolute Gasteiger partial charge is 0.126 e. The minimum Gasteiger partial charge on any atom is -0.487 e. The monoisotopic (exact) mass is 286 g/mol. The lowest BCUT2D eigenvalue weighted by Crippen LogP contribution is -2.24. The third-order valence-electron chi connectivity index (χ3n) is 3.90. The zero-order chi connectivity index (χ0) is 15.2. The summed E-state index contributed by atoms with van der Waals surface area (Å²) in [6, 6.07) is 10.5. The summed E-state index contributed by atoms with van der Waals surface area (Å²) in [5.41, 5.74) is 2.96. The maximum atomic E-state index is 13.3. The summed E-state index contributed by atoms with van der Waals surface area (Å²) in [5.74, 6) is 0.626. The lowest BCUT2D eigenvalue weighted by atomic mass is 9.95. The average molecular weight is 286 g/mol. The first-order valence-corrected chi connectivity index (χ1v) is 7.12. The van der Waals surface area contributed by atoms with Crippen LogP contribution in [-0.2, 0) is 6.42 Å². The lowest BCUT2D eigenvalue weighted by Gasteiger charge is -2.16. The van der Waals surface area contributed by atoms with Crippen LogP contribution in [0.1, 0.15) is 42.2 Å². The van der Waals surface area contributed by atoms with Gasteiger partial charge in [0.05, 0.1) is 0 Å². The molecule has 21 heavy (non-hydrogen) atoms. The van der Waals surface area contributed by atoms with Crippen LogP contribution in [0.25, 0.3) is 0 Å². The van der Waals surface area contributed by atoms with Gasteiger partial charge in [0.15, 0.2) is 0 Å². The van der Waals surface area contributed by atoms with Crippen molar-refractivity contribution in [1.82, 2.24) is 0 Å². The fraction of sp³-hybridized carbons (Fsp3) is 0.333. The predicted octanol–water partition coefficient (Wildman–Crippen LogP) is 3.93. The van der Waals surface area contributed by atoms with Crippen molar-refractivity contribution < 1.29 is 14.2 Å². The topological polar surface area (TPSA) is 29.5 Å². The number of ether oxygens (including phenoxy) is 1. The van der Waals surface area contributed by atoms with Gasteiger partial charge in [-0.15, -0.1) is 0 Å². The van der Waals surface area contributed by atoms with Crippen LogP contribution in [0.4, 0.5) is 4.39 Å². The zero-order valence-corrected chi connectivity index (χ0v) is 12.5. The van der Waals surface area contributed by atoms with E-state index in [0.717, 1.165) is 23.3 Å². The predicted molar refractivity (Wildman–Crippen MR) is 80.1 cm³/mol. The van der Waals surface area contributed by atoms with Crippen LogP contribution in [0.15, 0.2) is 36.4 Å². The number of aryl methyl sites for hydroxylation is 1. The zero-order valence-electron chi connectivity index (χ0n) is 12.5. The number of aliphatic hydroxyl groups excluding tert-OH is 1. The second-order valence-corrected chi connectivity index (χ2v) is 6.32. The highest BCUT2D eigenvalue weighted by Gasteiger charge is 2.30. The number of halogens is 1. The molecule has 0 saturated carbocycles. The van der Waals surface area contributed by atoms with E-state index in [2.05, 4.69) is 0 Å². The van der Waals surface area contributed by atoms with Crippen molar-refractivity contribution in [2.45, 2.75) is 38.9 Å². The number of aliphatic hydroxyl groups is 1. The highest BCUT2D eigenvalue weighted by atomic mass is 19.1. The van der Waals surface area contributed by atoms with Crippen LogP contribution in [-0.4, -0.2) is 10.7 Å². The summed E-state index contributed by atoms with van der Waals surface area (Å²) in [4.78, 5) is 0. The molecule has 0 radical (unpaired) electrons. The van der Waals surface area contributed by atoms with Crippen molar-refractivity contribution in [3.8, 4) is 5.75 Å². The van der Waals surface area contributed by atoms with E-state index in [1.54, 1.807) is 19.1 Å². The van der Waals surface area contributed by atoms with Gasteiger partial charge in [-0.05, 0) is 61.2 Å². The second-order valence-electron chi connectivity index (χ2n) is 6.32. The Labute approximate surface area is 124 Å². The Morgan fingerprint density at radius 3 is 2.52 bits per heavy atom. The van der Waals surface area contributed by atoms with Crippen LogP contribution >= 0.6 is 0 Å². The molecular weight excluding hydrogens is 267 g/mol. The van der Waals surface area contributed by atoms with E-state index in [9.17, 15) is 9.50 Å². The molecule has 3 heteroatoms. The van der Waals surface area contributed by atoms with Crippen molar-refractivity contribution in [3.05, 3.63) is 64.5 Å². The Bertz CT molecular complexity index is 692. The highest BCUT2D eigenvalue weighted by molar-refractivity contribution is 5.44. The summed E-state index contributed by atoms with van der Waals surface area (Å²) in [5, 5.41) is 10.5. The van der Waals surface area contributed by atoms with Crippen molar-refractivity contribution in [3.63, 3.8) is 0 Å². The van der Waals surface area contributed by atoms with Crippen molar-refractivity contribution in [2.75, 3.05) is 0 Å². The largest absolute Gasteiger partial charge is 0.487 e. The number of fused-ring (bicyclic) bond motifs is 1. The molecule has 2 aromatic carbocycles. The van der Waals surface area contributed by atoms with Gasteiger partial charge in [-0.2, -0.15) is 0 Å². The first-order valence-electron chi connectivity index (χ1n) is 7.12. The maximum absolute atomic E-state index is 13.3. The summed E-state index contributed by atoms with van der Waals surface area (Å²) >= 11 is 0. The molecule has 1 aliphatic heterocycles. The van der Waals surface area contributed by atoms with Gasteiger partial charge in [0, 0.05) is 6.42 Å². The van der Waals surface area contributed by atoms with Gasteiger partial charge >= 0.3 is 0 Å². The van der Waals surface area contributed by atoms with Crippen LogP contribution in [0, 0.1) is 12.7 Å². The van der Waals surface area contributed by atoms with Gasteiger partial charge in [0.1, 0.15) is 23.3 Å². The molecule has 2 aromatic rings. The normalized spacial score (nSPS) is 17.2. The van der Waals surface area contributed by atoms with E-state index < -0.39 is 6.10 Å². The molecule has 1 heterocycles. The minimum atomic E-state index is -0.752. The quantitative estimate of drug-likeness (QED) is 0.906. The Hall–Kier alpha value is -1.87. The molecule has 0 aliphatic carbocycles. The summed E-state index contributed by atoms with van der Waals surface area (Å²) in [6.07, 6.45) is 0.0732. The molecule has 0 spiro atoms. The molecule has 1 unspecified atom stereocenters. The molecule has 0 saturated heterocycles. The van der Waals surface area contributed by atoms with Gasteiger partial charge in [-0.25, -0.2) is 4.39 Å². The van der Waals surface area contributed by atoms with Gasteiger partial charge in [0.25, 0.3) is 0 Å². The Kier molecular flexibility index (Phi) is 3.25. The molecule has 1 atom stereocenters. The summed E-state index contributed by atoms with van der Waals surface area (Å²) in [7, 11) is 0. The van der Waals surface area contributed by atoms with Crippen LogP contribution < -0.4 is 4.74 Å². The summed E-state index contributed by atoms with van der Waals surface area (Å²) in [6.45, 7) is 5.80. The SMILES string of the molecule is Cc1cc(C(O)c2ccc3c(c2)CC(C)(C)O3)ccc1F. The molecule has 0 amide bonds. The number of hydrogen-bond acceptors (Lipinski definition) is 2. The minimum absolute atomic E-state index is 0.196. The molecule has 0 fully saturated rings. The van der Waals surface area contributed by atoms with Crippen LogP contribution in [0.3, 0.4) is 0 Å². The molecule has 2 nitrogen and oxygen atoms in total. The fourth-order valence-corrected chi connectivity index (χ4v) is 2.83. The number of benzene rings is 2. The van der Waals surface area contributed by atoms with E-state index in [0.29, 0.717) is 11.1 Å². The molecule has 3 rings (SSSR count). The Morgan fingerprint density at radius 2 is 1.81 bits per heavy atom. The third-order valence-corrected chi connectivity index (χ3v) is 3.90. The van der Waals surface area contributed by atoms with Crippen molar-refractivity contribution in [1.29, 1.82) is 0 Å². The van der Waals surface area contributed by atoms with Gasteiger partial charge in [-0.1, -0.05) is 18.2 Å². The van der Waals surface area contributed by atoms with E-state index in [1.807, 2.05) is 32.0 Å². The average Bonchev–Trinajstić information content (AvgIpc) is 2.73. The molecule has 1 aliphatic rings. The number of rotatable bonds is 2. The van der Waals surface area contributed by atoms with E-state index in [-0.39, 0.29) is 11.4 Å². The third kappa shape index (κ3) is 2.66. The summed E-state index contributed by atoms with van der Waals surface area (Å²) < 4.78 is 19.2. The first kappa shape index (κ1) is 14.1. The van der Waals surface area contributed by atoms with Gasteiger partial charge < -0.3 is 9.84 Å². The van der Waals surface area contributed by atoms with E-state index >= 15 is 0 Å². The van der Waals surface area contributed by atoms with Crippen LogP contribution in [0.5, 0.6) is 5.75 Å². The molecule has 110 valence electrons. The standard InChI is InChI=1S/C18H19FO2/c1-11-8-12(4-6-15(11)19)17(20)13-5-7-16-14(9-13)10-18(2,3)21-16/h4-9,17,20H,10H2,1-3H3. The Morgan fingerprint density at radius 1 is 1.14 bits per heavy atom. The molecule has 0 aromatic heterocycles. The number of hydrogen-bond donors (Lipinski definition) is 1. The van der Waals surface area contributed by atoms with Crippen molar-refractivity contribution >= 4 is 0 Å². The van der Waals surface area contributed by atoms with Gasteiger partial charge in [-0.3, -0.25) is 0 Å². The maximum Gasteiger partial charge on any atom is 0.126 e. The van der Waals surface area contributed by atoms with Crippen LogP contribution in [0.2, 0.25) is 0 Å². The molecule has 0 bridgehead atoms. The Balaban J connectivity index is 1.93. The van der Waals surface area contributed by atoms with E-state index in [4.69, 9.17) is 4.74 Å².